The van der Waals surface area contributed by atoms with Crippen molar-refractivity contribution in [3.8, 4) is 39.5 Å². The van der Waals surface area contributed by atoms with Crippen LogP contribution in [-0.2, 0) is 15.8 Å². The molecule has 0 fully saturated rings. The number of nitrogens with one attached hydrogen (secondary N) is 1. The first kappa shape index (κ1) is 24.7. The highest BCUT2D eigenvalue weighted by atomic mass is 35.5. The minimum Gasteiger partial charge on any atom is -0.454 e. The van der Waals surface area contributed by atoms with Crippen LogP contribution in [0.1, 0.15) is 5.56 Å². The average molecular weight is 577 g/mol. The number of nitrogens with zero attached hydrogens (tertiary/aromatic N) is 2. The Hall–Kier alpha value is -2.94. The van der Waals surface area contributed by atoms with E-state index in [1.807, 2.05) is 40.4 Å². The van der Waals surface area contributed by atoms with Gasteiger partial charge in [-0.3, -0.25) is 0 Å². The molecular formula is C24H15Cl2N3O4S3. The second kappa shape index (κ2) is 10.2. The second-order valence-corrected chi connectivity index (χ2v) is 11.9. The molecule has 7 nitrogen and oxygen atoms in total. The van der Waals surface area contributed by atoms with Gasteiger partial charge >= 0.3 is 0 Å². The monoisotopic (exact) mass is 575 g/mol. The van der Waals surface area contributed by atoms with E-state index in [-0.39, 0.29) is 11.7 Å². The van der Waals surface area contributed by atoms with Gasteiger partial charge in [-0.1, -0.05) is 41.4 Å². The van der Waals surface area contributed by atoms with Crippen LogP contribution in [0.15, 0.2) is 69.8 Å². The smallest absolute Gasteiger partial charge is 0.271 e. The fourth-order valence-corrected chi connectivity index (χ4v) is 7.08. The molecule has 0 saturated heterocycles. The maximum absolute atomic E-state index is 12.9. The zero-order valence-electron chi connectivity index (χ0n) is 18.2. The van der Waals surface area contributed by atoms with Crippen LogP contribution in [0.3, 0.4) is 0 Å². The first-order valence-corrected chi connectivity index (χ1v) is 14.4. The number of hydrogen-bond donors (Lipinski definition) is 1. The third kappa shape index (κ3) is 5.12. The Morgan fingerprint density at radius 3 is 2.64 bits per heavy atom. The summed E-state index contributed by atoms with van der Waals surface area (Å²) < 4.78 is 38.5. The molecule has 3 aromatic carbocycles. The molecule has 12 heteroatoms. The van der Waals surface area contributed by atoms with E-state index in [4.69, 9.17) is 37.9 Å². The van der Waals surface area contributed by atoms with Crippen molar-refractivity contribution in [2.75, 3.05) is 6.79 Å². The summed E-state index contributed by atoms with van der Waals surface area (Å²) in [6, 6.07) is 15.8. The van der Waals surface area contributed by atoms with Crippen LogP contribution in [0.2, 0.25) is 10.0 Å². The Morgan fingerprint density at radius 1 is 1.08 bits per heavy atom. The molecule has 2 heterocycles. The van der Waals surface area contributed by atoms with Crippen LogP contribution >= 0.6 is 46.3 Å². The molecule has 0 aliphatic carbocycles. The highest BCUT2D eigenvalue weighted by molar-refractivity contribution is 7.99. The fraction of sp³-hybridized carbons (Fsp3) is 0.0833. The second-order valence-electron chi connectivity index (χ2n) is 7.52. The van der Waals surface area contributed by atoms with E-state index in [0.29, 0.717) is 48.5 Å². The number of benzene rings is 3. The number of ether oxygens (including phenoxy) is 2. The summed E-state index contributed by atoms with van der Waals surface area (Å²) in [6.07, 6.45) is 1.51. The molecule has 1 aromatic heterocycles. The van der Waals surface area contributed by atoms with Crippen molar-refractivity contribution in [2.24, 2.45) is 0 Å². The maximum atomic E-state index is 12.9. The molecule has 0 bridgehead atoms. The van der Waals surface area contributed by atoms with Gasteiger partial charge in [-0.25, -0.2) is 18.1 Å². The number of rotatable bonds is 7. The normalized spacial score (nSPS) is 12.4. The lowest BCUT2D eigenvalue weighted by Crippen LogP contribution is -2.19. The quantitative estimate of drug-likeness (QED) is 0.151. The largest absolute Gasteiger partial charge is 0.454 e. The van der Waals surface area contributed by atoms with Crippen molar-refractivity contribution in [3.63, 3.8) is 0 Å². The van der Waals surface area contributed by atoms with Gasteiger partial charge in [0.2, 0.25) is 6.79 Å². The van der Waals surface area contributed by atoms with Crippen molar-refractivity contribution in [1.82, 2.24) is 9.71 Å². The summed E-state index contributed by atoms with van der Waals surface area (Å²) in [5, 5.41) is 12.4. The van der Waals surface area contributed by atoms with E-state index in [9.17, 15) is 8.42 Å². The molecule has 0 saturated carbocycles. The molecule has 1 aliphatic heterocycles. The molecule has 36 heavy (non-hydrogen) atoms. The van der Waals surface area contributed by atoms with E-state index in [1.165, 1.54) is 35.4 Å². The predicted octanol–water partition coefficient (Wildman–Crippen LogP) is 6.56. The lowest BCUT2D eigenvalue weighted by atomic mass is 10.2. The molecule has 0 radical (unpaired) electrons. The van der Waals surface area contributed by atoms with Gasteiger partial charge in [-0.2, -0.15) is 5.26 Å². The van der Waals surface area contributed by atoms with Crippen molar-refractivity contribution < 1.29 is 17.9 Å². The van der Waals surface area contributed by atoms with Gasteiger partial charge in [0.15, 0.2) is 17.7 Å². The maximum Gasteiger partial charge on any atom is 0.271 e. The van der Waals surface area contributed by atoms with Gasteiger partial charge in [0.05, 0.1) is 10.7 Å². The average Bonchev–Trinajstić information content (AvgIpc) is 3.52. The lowest BCUT2D eigenvalue weighted by Gasteiger charge is -2.12. The first-order chi connectivity index (χ1) is 17.3. The molecule has 4 aromatic rings. The third-order valence-corrected chi connectivity index (χ3v) is 9.18. The van der Waals surface area contributed by atoms with Gasteiger partial charge in [0.1, 0.15) is 9.90 Å². The zero-order chi connectivity index (χ0) is 25.3. The summed E-state index contributed by atoms with van der Waals surface area (Å²) in [7, 11) is -4.13. The Balaban J connectivity index is 1.49. The Bertz CT molecular complexity index is 1600. The van der Waals surface area contributed by atoms with Crippen molar-refractivity contribution >= 4 is 56.3 Å². The van der Waals surface area contributed by atoms with Crippen LogP contribution in [-0.4, -0.2) is 20.2 Å². The van der Waals surface area contributed by atoms with Gasteiger partial charge < -0.3 is 9.47 Å². The van der Waals surface area contributed by atoms with Gasteiger partial charge in [-0.15, -0.1) is 23.1 Å². The number of fused-ring (bicyclic) bond motifs is 1. The molecule has 0 atom stereocenters. The minimum absolute atomic E-state index is 0.0579. The van der Waals surface area contributed by atoms with Crippen LogP contribution in [0.4, 0.5) is 0 Å². The Morgan fingerprint density at radius 2 is 1.86 bits per heavy atom. The highest BCUT2D eigenvalue weighted by Gasteiger charge is 2.23. The number of aromatic nitrogens is 1. The topological polar surface area (TPSA) is 101 Å². The van der Waals surface area contributed by atoms with E-state index in [1.54, 1.807) is 18.2 Å². The van der Waals surface area contributed by atoms with Gasteiger partial charge in [-0.05, 0) is 42.0 Å². The van der Waals surface area contributed by atoms with Crippen LogP contribution in [0.25, 0.3) is 21.8 Å². The lowest BCUT2D eigenvalue weighted by molar-refractivity contribution is 0.174. The van der Waals surface area contributed by atoms with Gasteiger partial charge in [0.25, 0.3) is 10.0 Å². The Labute approximate surface area is 225 Å². The number of thioether (sulfide) groups is 1. The van der Waals surface area contributed by atoms with E-state index in [2.05, 4.69) is 4.98 Å². The highest BCUT2D eigenvalue weighted by Crippen LogP contribution is 2.41. The number of hydrogen-bond acceptors (Lipinski definition) is 8. The van der Waals surface area contributed by atoms with Crippen LogP contribution in [0, 0.1) is 11.5 Å². The Kier molecular flexibility index (Phi) is 7.01. The van der Waals surface area contributed by atoms with Crippen molar-refractivity contribution in [1.29, 1.82) is 5.26 Å². The third-order valence-electron chi connectivity index (χ3n) is 5.21. The molecule has 5 rings (SSSR count). The van der Waals surface area contributed by atoms with Crippen molar-refractivity contribution in [3.05, 3.63) is 75.6 Å². The summed E-state index contributed by atoms with van der Waals surface area (Å²) >= 11 is 15.2. The number of nitriles is 1. The van der Waals surface area contributed by atoms with Crippen LogP contribution in [0.5, 0.6) is 11.5 Å². The molecule has 182 valence electrons. The number of sulfonamides is 1. The minimum atomic E-state index is -4.13. The summed E-state index contributed by atoms with van der Waals surface area (Å²) in [6.45, 7) is 0.168. The number of halogens is 2. The van der Waals surface area contributed by atoms with Gasteiger partial charge in [0, 0.05) is 32.2 Å². The molecule has 1 aliphatic rings. The summed E-state index contributed by atoms with van der Waals surface area (Å²) in [5.41, 5.74) is 2.94. The SMILES string of the molecule is N#CNS(=O)(=O)c1cc(-c2nc(-c3ccc(Cl)cc3)cs2)c(Cl)cc1SCc1ccc2c(c1)OCO2. The molecular weight excluding hydrogens is 561 g/mol. The van der Waals surface area contributed by atoms with E-state index in [0.717, 1.165) is 11.1 Å². The first-order valence-electron chi connectivity index (χ1n) is 10.3. The molecule has 0 spiro atoms. The number of thiazole rings is 1. The standard InChI is InChI=1S/C24H15Cl2N3O4S3/c25-16-4-2-15(3-5-16)19-11-35-24(29-19)17-8-23(36(30,31)28-12-27)22(9-18(17)26)34-10-14-1-6-20-21(7-14)33-13-32-20/h1-9,11,28H,10,13H2. The summed E-state index contributed by atoms with van der Waals surface area (Å²) in [4.78, 5) is 4.99. The fourth-order valence-electron chi connectivity index (χ4n) is 3.48. The van der Waals surface area contributed by atoms with Crippen molar-refractivity contribution in [2.45, 2.75) is 15.5 Å². The summed E-state index contributed by atoms with van der Waals surface area (Å²) in [5.74, 6) is 1.75. The van der Waals surface area contributed by atoms with E-state index < -0.39 is 10.0 Å². The van der Waals surface area contributed by atoms with E-state index >= 15 is 0 Å². The molecule has 0 unspecified atom stereocenters. The predicted molar refractivity (Wildman–Crippen MR) is 141 cm³/mol. The molecule has 0 amide bonds. The van der Waals surface area contributed by atoms with Crippen LogP contribution < -0.4 is 14.2 Å². The molecule has 1 N–H and O–H groups in total. The zero-order valence-corrected chi connectivity index (χ0v) is 22.2.